The van der Waals surface area contributed by atoms with Crippen LogP contribution in [0.1, 0.15) is 16.7 Å². The van der Waals surface area contributed by atoms with Crippen LogP contribution in [0.2, 0.25) is 0 Å². The average molecular weight is 339 g/mol. The number of morpholine rings is 1. The number of amides is 2. The molecule has 2 aromatic rings. The number of carbonyl (C=O) groups is 1. The van der Waals surface area contributed by atoms with E-state index in [0.29, 0.717) is 0 Å². The van der Waals surface area contributed by atoms with Crippen molar-refractivity contribution in [3.05, 3.63) is 59.2 Å². The Morgan fingerprint density at radius 2 is 1.76 bits per heavy atom. The molecule has 1 saturated heterocycles. The number of nitrogens with zero attached hydrogens (tertiary/aromatic N) is 1. The Kier molecular flexibility index (Phi) is 5.68. The van der Waals surface area contributed by atoms with Gasteiger partial charge in [-0.15, -0.1) is 0 Å². The van der Waals surface area contributed by atoms with E-state index in [1.807, 2.05) is 44.2 Å². The molecule has 0 unspecified atom stereocenters. The van der Waals surface area contributed by atoms with E-state index >= 15 is 0 Å². The molecule has 2 N–H and O–H groups in total. The first-order valence-electron chi connectivity index (χ1n) is 8.65. The zero-order chi connectivity index (χ0) is 17.6. The summed E-state index contributed by atoms with van der Waals surface area (Å²) >= 11 is 0. The van der Waals surface area contributed by atoms with E-state index in [0.717, 1.165) is 55.3 Å². The number of anilines is 2. The molecule has 5 nitrogen and oxygen atoms in total. The number of nitrogens with one attached hydrogen (secondary N) is 2. The van der Waals surface area contributed by atoms with Gasteiger partial charge in [0, 0.05) is 31.0 Å². The molecule has 0 bridgehead atoms. The molecule has 1 heterocycles. The summed E-state index contributed by atoms with van der Waals surface area (Å²) in [7, 11) is 0. The zero-order valence-corrected chi connectivity index (χ0v) is 14.8. The lowest BCUT2D eigenvalue weighted by Crippen LogP contribution is -2.35. The monoisotopic (exact) mass is 339 g/mol. The van der Waals surface area contributed by atoms with Gasteiger partial charge >= 0.3 is 6.03 Å². The fraction of sp³-hybridized carbons (Fsp3) is 0.350. The third-order valence-electron chi connectivity index (χ3n) is 4.57. The van der Waals surface area contributed by atoms with Crippen molar-refractivity contribution in [1.82, 2.24) is 4.90 Å². The Hall–Kier alpha value is -2.37. The molecule has 0 aliphatic carbocycles. The summed E-state index contributed by atoms with van der Waals surface area (Å²) in [5.74, 6) is 0. The highest BCUT2D eigenvalue weighted by atomic mass is 16.5. The molecular formula is C20H25N3O2. The summed E-state index contributed by atoms with van der Waals surface area (Å²) < 4.78 is 5.37. The van der Waals surface area contributed by atoms with Gasteiger partial charge in [0.1, 0.15) is 0 Å². The topological polar surface area (TPSA) is 53.6 Å². The van der Waals surface area contributed by atoms with Crippen LogP contribution < -0.4 is 10.6 Å². The average Bonchev–Trinajstić information content (AvgIpc) is 2.62. The summed E-state index contributed by atoms with van der Waals surface area (Å²) in [6.45, 7) is 8.50. The quantitative estimate of drug-likeness (QED) is 0.891. The molecule has 0 aromatic heterocycles. The Bertz CT molecular complexity index is 722. The van der Waals surface area contributed by atoms with Crippen LogP contribution in [-0.4, -0.2) is 37.2 Å². The maximum Gasteiger partial charge on any atom is 0.323 e. The van der Waals surface area contributed by atoms with Gasteiger partial charge in [0.05, 0.1) is 13.2 Å². The van der Waals surface area contributed by atoms with Crippen LogP contribution in [0.3, 0.4) is 0 Å². The first kappa shape index (κ1) is 17.5. The van der Waals surface area contributed by atoms with Crippen LogP contribution in [-0.2, 0) is 11.3 Å². The Balaban J connectivity index is 1.55. The highest BCUT2D eigenvalue weighted by Gasteiger charge is 2.11. The van der Waals surface area contributed by atoms with E-state index < -0.39 is 0 Å². The second kappa shape index (κ2) is 8.14. The maximum absolute atomic E-state index is 12.2. The van der Waals surface area contributed by atoms with Gasteiger partial charge in [0.25, 0.3) is 0 Å². The molecular weight excluding hydrogens is 314 g/mol. The number of urea groups is 1. The van der Waals surface area contributed by atoms with Crippen molar-refractivity contribution in [3.63, 3.8) is 0 Å². The largest absolute Gasteiger partial charge is 0.379 e. The molecule has 5 heteroatoms. The minimum Gasteiger partial charge on any atom is -0.379 e. The highest BCUT2D eigenvalue weighted by Crippen LogP contribution is 2.18. The molecule has 0 radical (unpaired) electrons. The lowest BCUT2D eigenvalue weighted by molar-refractivity contribution is 0.0342. The summed E-state index contributed by atoms with van der Waals surface area (Å²) in [5.41, 5.74) is 5.10. The van der Waals surface area contributed by atoms with Gasteiger partial charge in [0.15, 0.2) is 0 Å². The van der Waals surface area contributed by atoms with Crippen LogP contribution in [0, 0.1) is 13.8 Å². The van der Waals surface area contributed by atoms with E-state index in [-0.39, 0.29) is 6.03 Å². The van der Waals surface area contributed by atoms with E-state index in [9.17, 15) is 4.79 Å². The molecule has 132 valence electrons. The molecule has 1 aliphatic rings. The second-order valence-electron chi connectivity index (χ2n) is 6.41. The predicted molar refractivity (Wildman–Crippen MR) is 101 cm³/mol. The lowest BCUT2D eigenvalue weighted by Gasteiger charge is -2.26. The van der Waals surface area contributed by atoms with Crippen molar-refractivity contribution in [2.24, 2.45) is 0 Å². The standard InChI is InChI=1S/C20H25N3O2/c1-15-4-3-5-19(16(15)2)22-20(24)21-18-8-6-17(7-9-18)14-23-10-12-25-13-11-23/h3-9H,10-14H2,1-2H3,(H2,21,22,24). The van der Waals surface area contributed by atoms with Gasteiger partial charge in [-0.2, -0.15) is 0 Å². The van der Waals surface area contributed by atoms with Crippen molar-refractivity contribution in [3.8, 4) is 0 Å². The van der Waals surface area contributed by atoms with Crippen molar-refractivity contribution >= 4 is 17.4 Å². The molecule has 2 aromatic carbocycles. The van der Waals surface area contributed by atoms with Gasteiger partial charge in [-0.05, 0) is 48.7 Å². The Morgan fingerprint density at radius 3 is 2.48 bits per heavy atom. The molecule has 25 heavy (non-hydrogen) atoms. The van der Waals surface area contributed by atoms with Gasteiger partial charge in [-0.25, -0.2) is 4.79 Å². The molecule has 1 fully saturated rings. The first-order chi connectivity index (χ1) is 12.1. The Morgan fingerprint density at radius 1 is 1.04 bits per heavy atom. The van der Waals surface area contributed by atoms with Crippen molar-refractivity contribution in [2.75, 3.05) is 36.9 Å². The summed E-state index contributed by atoms with van der Waals surface area (Å²) in [6, 6.07) is 13.7. The fourth-order valence-electron chi connectivity index (χ4n) is 2.88. The zero-order valence-electron chi connectivity index (χ0n) is 14.8. The number of hydrogen-bond acceptors (Lipinski definition) is 3. The maximum atomic E-state index is 12.2. The normalized spacial score (nSPS) is 15.0. The highest BCUT2D eigenvalue weighted by molar-refractivity contribution is 6.00. The SMILES string of the molecule is Cc1cccc(NC(=O)Nc2ccc(CN3CCOCC3)cc2)c1C. The first-order valence-corrected chi connectivity index (χ1v) is 8.65. The van der Waals surface area contributed by atoms with E-state index in [1.54, 1.807) is 0 Å². The number of ether oxygens (including phenoxy) is 1. The molecule has 0 spiro atoms. The van der Waals surface area contributed by atoms with E-state index in [1.165, 1.54) is 5.56 Å². The molecule has 3 rings (SSSR count). The van der Waals surface area contributed by atoms with E-state index in [4.69, 9.17) is 4.74 Å². The molecule has 0 saturated carbocycles. The van der Waals surface area contributed by atoms with Gasteiger partial charge in [0.2, 0.25) is 0 Å². The second-order valence-corrected chi connectivity index (χ2v) is 6.41. The summed E-state index contributed by atoms with van der Waals surface area (Å²) in [4.78, 5) is 14.6. The van der Waals surface area contributed by atoms with Crippen LogP contribution in [0.15, 0.2) is 42.5 Å². The Labute approximate surface area is 149 Å². The number of benzene rings is 2. The fourth-order valence-corrected chi connectivity index (χ4v) is 2.88. The molecule has 1 aliphatic heterocycles. The van der Waals surface area contributed by atoms with Crippen molar-refractivity contribution in [2.45, 2.75) is 20.4 Å². The number of aryl methyl sites for hydroxylation is 1. The minimum atomic E-state index is -0.227. The number of rotatable bonds is 4. The predicted octanol–water partition coefficient (Wildman–Crippen LogP) is 3.78. The van der Waals surface area contributed by atoms with Crippen LogP contribution in [0.4, 0.5) is 16.2 Å². The number of hydrogen-bond donors (Lipinski definition) is 2. The smallest absolute Gasteiger partial charge is 0.323 e. The number of carbonyl (C=O) groups excluding carboxylic acids is 1. The third-order valence-corrected chi connectivity index (χ3v) is 4.57. The third kappa shape index (κ3) is 4.81. The van der Waals surface area contributed by atoms with Crippen LogP contribution in [0.25, 0.3) is 0 Å². The van der Waals surface area contributed by atoms with Crippen LogP contribution >= 0.6 is 0 Å². The lowest BCUT2D eigenvalue weighted by atomic mass is 10.1. The van der Waals surface area contributed by atoms with Crippen molar-refractivity contribution < 1.29 is 9.53 Å². The summed E-state index contributed by atoms with van der Waals surface area (Å²) in [5, 5.41) is 5.79. The minimum absolute atomic E-state index is 0.227. The molecule has 2 amide bonds. The van der Waals surface area contributed by atoms with Crippen LogP contribution in [0.5, 0.6) is 0 Å². The molecule has 0 atom stereocenters. The van der Waals surface area contributed by atoms with Gasteiger partial charge in [-0.1, -0.05) is 24.3 Å². The van der Waals surface area contributed by atoms with Gasteiger partial charge < -0.3 is 15.4 Å². The van der Waals surface area contributed by atoms with Crippen molar-refractivity contribution in [1.29, 1.82) is 0 Å². The van der Waals surface area contributed by atoms with Gasteiger partial charge in [-0.3, -0.25) is 4.90 Å². The van der Waals surface area contributed by atoms with E-state index in [2.05, 4.69) is 27.7 Å². The summed E-state index contributed by atoms with van der Waals surface area (Å²) in [6.07, 6.45) is 0.